The van der Waals surface area contributed by atoms with E-state index in [1.807, 2.05) is 6.07 Å². The normalized spacial score (nSPS) is 17.4. The van der Waals surface area contributed by atoms with Crippen LogP contribution in [0.2, 0.25) is 0 Å². The van der Waals surface area contributed by atoms with Gasteiger partial charge in [-0.15, -0.1) is 0 Å². The van der Waals surface area contributed by atoms with Gasteiger partial charge in [0.1, 0.15) is 5.82 Å². The standard InChI is InChI=1S/C14H22BrN3O/c1-17(2)14(5-4-6-14)10-18(3)13-11(9-19)7-12(15)8-16-13/h7-8,19H,4-6,9-10H2,1-3H3. The molecular weight excluding hydrogens is 306 g/mol. The summed E-state index contributed by atoms with van der Waals surface area (Å²) >= 11 is 3.40. The highest BCUT2D eigenvalue weighted by atomic mass is 79.9. The van der Waals surface area contributed by atoms with Crippen molar-refractivity contribution in [2.45, 2.75) is 31.4 Å². The van der Waals surface area contributed by atoms with Crippen LogP contribution in [0.5, 0.6) is 0 Å². The number of aliphatic hydroxyl groups excluding tert-OH is 1. The van der Waals surface area contributed by atoms with Crippen molar-refractivity contribution < 1.29 is 5.11 Å². The molecule has 0 radical (unpaired) electrons. The van der Waals surface area contributed by atoms with E-state index in [4.69, 9.17) is 0 Å². The number of likely N-dealkylation sites (N-methyl/N-ethyl adjacent to an activating group) is 2. The maximum atomic E-state index is 9.47. The van der Waals surface area contributed by atoms with Crippen LogP contribution in [-0.2, 0) is 6.61 Å². The second-order valence-electron chi connectivity index (χ2n) is 5.62. The quantitative estimate of drug-likeness (QED) is 0.900. The fourth-order valence-electron chi connectivity index (χ4n) is 2.78. The summed E-state index contributed by atoms with van der Waals surface area (Å²) in [5.74, 6) is 0.874. The SMILES string of the molecule is CN(CC1(N(C)C)CCC1)c1ncc(Br)cc1CO. The molecule has 4 nitrogen and oxygen atoms in total. The lowest BCUT2D eigenvalue weighted by Crippen LogP contribution is -2.57. The van der Waals surface area contributed by atoms with E-state index in [9.17, 15) is 5.11 Å². The molecule has 106 valence electrons. The summed E-state index contributed by atoms with van der Waals surface area (Å²) in [4.78, 5) is 8.94. The minimum absolute atomic E-state index is 0.0150. The number of hydrogen-bond donors (Lipinski definition) is 1. The smallest absolute Gasteiger partial charge is 0.133 e. The average molecular weight is 328 g/mol. The maximum absolute atomic E-state index is 9.47. The minimum Gasteiger partial charge on any atom is -0.392 e. The Morgan fingerprint density at radius 3 is 2.53 bits per heavy atom. The molecule has 0 saturated heterocycles. The molecule has 1 heterocycles. The van der Waals surface area contributed by atoms with E-state index in [1.165, 1.54) is 19.3 Å². The lowest BCUT2D eigenvalue weighted by molar-refractivity contribution is 0.0681. The first-order valence-electron chi connectivity index (χ1n) is 6.62. The zero-order valence-electron chi connectivity index (χ0n) is 11.9. The number of rotatable bonds is 5. The number of aromatic nitrogens is 1. The monoisotopic (exact) mass is 327 g/mol. The largest absolute Gasteiger partial charge is 0.392 e. The van der Waals surface area contributed by atoms with Gasteiger partial charge in [0.05, 0.1) is 6.61 Å². The van der Waals surface area contributed by atoms with Gasteiger partial charge < -0.3 is 14.9 Å². The third kappa shape index (κ3) is 2.93. The van der Waals surface area contributed by atoms with Crippen molar-refractivity contribution in [3.8, 4) is 0 Å². The van der Waals surface area contributed by atoms with Gasteiger partial charge in [-0.05, 0) is 55.4 Å². The Morgan fingerprint density at radius 2 is 2.05 bits per heavy atom. The highest BCUT2D eigenvalue weighted by Crippen LogP contribution is 2.37. The van der Waals surface area contributed by atoms with Crippen LogP contribution in [-0.4, -0.2) is 48.2 Å². The molecule has 0 atom stereocenters. The molecule has 1 aliphatic carbocycles. The molecule has 2 rings (SSSR count). The first-order valence-corrected chi connectivity index (χ1v) is 7.42. The Morgan fingerprint density at radius 1 is 1.37 bits per heavy atom. The number of aliphatic hydroxyl groups is 1. The highest BCUT2D eigenvalue weighted by molar-refractivity contribution is 9.10. The molecule has 1 aromatic heterocycles. The van der Waals surface area contributed by atoms with Crippen LogP contribution in [0.25, 0.3) is 0 Å². The third-order valence-corrected chi connectivity index (χ3v) is 4.64. The fourth-order valence-corrected chi connectivity index (χ4v) is 3.16. The topological polar surface area (TPSA) is 39.6 Å². The van der Waals surface area contributed by atoms with Crippen LogP contribution < -0.4 is 4.90 Å². The van der Waals surface area contributed by atoms with Gasteiger partial charge in [0, 0.05) is 35.4 Å². The first kappa shape index (κ1) is 14.8. The molecule has 19 heavy (non-hydrogen) atoms. The Kier molecular flexibility index (Phi) is 4.48. The van der Waals surface area contributed by atoms with E-state index in [-0.39, 0.29) is 12.1 Å². The van der Waals surface area contributed by atoms with Crippen molar-refractivity contribution in [3.05, 3.63) is 22.3 Å². The molecule has 0 amide bonds. The van der Waals surface area contributed by atoms with Crippen molar-refractivity contribution in [2.75, 3.05) is 32.6 Å². The van der Waals surface area contributed by atoms with Gasteiger partial charge in [-0.3, -0.25) is 0 Å². The Labute approximate surface area is 123 Å². The molecule has 1 saturated carbocycles. The Bertz CT molecular complexity index is 446. The molecule has 0 aliphatic heterocycles. The fraction of sp³-hybridized carbons (Fsp3) is 0.643. The van der Waals surface area contributed by atoms with Crippen molar-refractivity contribution in [3.63, 3.8) is 0 Å². The number of nitrogens with zero attached hydrogens (tertiary/aromatic N) is 3. The lowest BCUT2D eigenvalue weighted by atomic mass is 9.75. The van der Waals surface area contributed by atoms with Gasteiger partial charge in [0.2, 0.25) is 0 Å². The molecular formula is C14H22BrN3O. The molecule has 0 bridgehead atoms. The van der Waals surface area contributed by atoms with Crippen molar-refractivity contribution in [1.82, 2.24) is 9.88 Å². The summed E-state index contributed by atoms with van der Waals surface area (Å²) < 4.78 is 0.902. The molecule has 1 fully saturated rings. The van der Waals surface area contributed by atoms with E-state index in [1.54, 1.807) is 6.20 Å². The summed E-state index contributed by atoms with van der Waals surface area (Å²) in [5.41, 5.74) is 1.13. The number of hydrogen-bond acceptors (Lipinski definition) is 4. The summed E-state index contributed by atoms with van der Waals surface area (Å²) in [6.45, 7) is 0.961. The molecule has 0 aromatic carbocycles. The van der Waals surface area contributed by atoms with Gasteiger partial charge >= 0.3 is 0 Å². The van der Waals surface area contributed by atoms with Crippen LogP contribution >= 0.6 is 15.9 Å². The van der Waals surface area contributed by atoms with Crippen LogP contribution in [0.3, 0.4) is 0 Å². The van der Waals surface area contributed by atoms with Gasteiger partial charge in [-0.25, -0.2) is 4.98 Å². The Hall–Kier alpha value is -0.650. The predicted molar refractivity (Wildman–Crippen MR) is 81.4 cm³/mol. The van der Waals surface area contributed by atoms with Crippen molar-refractivity contribution in [1.29, 1.82) is 0 Å². The zero-order valence-corrected chi connectivity index (χ0v) is 13.4. The molecule has 5 heteroatoms. The van der Waals surface area contributed by atoms with E-state index >= 15 is 0 Å². The van der Waals surface area contributed by atoms with Crippen molar-refractivity contribution in [2.24, 2.45) is 0 Å². The Balaban J connectivity index is 2.18. The van der Waals surface area contributed by atoms with Gasteiger partial charge in [-0.2, -0.15) is 0 Å². The second-order valence-corrected chi connectivity index (χ2v) is 6.54. The predicted octanol–water partition coefficient (Wildman–Crippen LogP) is 2.26. The third-order valence-electron chi connectivity index (χ3n) is 4.21. The molecule has 0 spiro atoms. The molecule has 0 unspecified atom stereocenters. The second kappa shape index (κ2) is 5.77. The number of pyridine rings is 1. The first-order chi connectivity index (χ1) is 8.98. The van der Waals surface area contributed by atoms with E-state index in [2.05, 4.69) is 51.9 Å². The van der Waals surface area contributed by atoms with E-state index in [0.717, 1.165) is 22.4 Å². The van der Waals surface area contributed by atoms with Crippen LogP contribution in [0.1, 0.15) is 24.8 Å². The van der Waals surface area contributed by atoms with Crippen LogP contribution in [0, 0.1) is 0 Å². The number of anilines is 1. The summed E-state index contributed by atoms with van der Waals surface area (Å²) in [6, 6.07) is 1.93. The van der Waals surface area contributed by atoms with E-state index < -0.39 is 0 Å². The maximum Gasteiger partial charge on any atom is 0.133 e. The van der Waals surface area contributed by atoms with E-state index in [0.29, 0.717) is 0 Å². The van der Waals surface area contributed by atoms with Gasteiger partial charge in [-0.1, -0.05) is 0 Å². The number of halogens is 1. The van der Waals surface area contributed by atoms with Gasteiger partial charge in [0.25, 0.3) is 0 Å². The summed E-state index contributed by atoms with van der Waals surface area (Å²) in [5, 5.41) is 9.47. The van der Waals surface area contributed by atoms with Gasteiger partial charge in [0.15, 0.2) is 0 Å². The molecule has 1 N–H and O–H groups in total. The lowest BCUT2D eigenvalue weighted by Gasteiger charge is -2.49. The van der Waals surface area contributed by atoms with Crippen LogP contribution in [0.15, 0.2) is 16.7 Å². The zero-order chi connectivity index (χ0) is 14.0. The summed E-state index contributed by atoms with van der Waals surface area (Å²) in [7, 11) is 6.35. The van der Waals surface area contributed by atoms with Crippen molar-refractivity contribution >= 4 is 21.7 Å². The average Bonchev–Trinajstić information content (AvgIpc) is 2.32. The summed E-state index contributed by atoms with van der Waals surface area (Å²) in [6.07, 6.45) is 5.55. The van der Waals surface area contributed by atoms with Crippen LogP contribution in [0.4, 0.5) is 5.82 Å². The minimum atomic E-state index is 0.0150. The molecule has 1 aromatic rings. The highest BCUT2D eigenvalue weighted by Gasteiger charge is 2.40. The molecule has 1 aliphatic rings.